The number of carbonyl (C=O) groups is 1. The summed E-state index contributed by atoms with van der Waals surface area (Å²) < 4.78 is 19.4. The lowest BCUT2D eigenvalue weighted by molar-refractivity contribution is -0.134. The number of aromatic nitrogens is 2. The molecule has 4 nitrogen and oxygen atoms in total. The lowest BCUT2D eigenvalue weighted by atomic mass is 10.1. The number of hydrogen-bond acceptors (Lipinski definition) is 4. The molecule has 1 heterocycles. The van der Waals surface area contributed by atoms with Crippen molar-refractivity contribution >= 4 is 5.97 Å². The van der Waals surface area contributed by atoms with E-state index in [1.54, 1.807) is 18.5 Å². The predicted molar refractivity (Wildman–Crippen MR) is 124 cm³/mol. The topological polar surface area (TPSA) is 52.1 Å². The highest BCUT2D eigenvalue weighted by molar-refractivity contribution is 5.73. The van der Waals surface area contributed by atoms with Crippen molar-refractivity contribution in [2.75, 3.05) is 0 Å². The van der Waals surface area contributed by atoms with Crippen molar-refractivity contribution in [1.82, 2.24) is 9.97 Å². The summed E-state index contributed by atoms with van der Waals surface area (Å²) in [5.74, 6) is -0.166. The summed E-state index contributed by atoms with van der Waals surface area (Å²) in [5, 5.41) is 0. The smallest absolute Gasteiger partial charge is 0.311 e. The van der Waals surface area contributed by atoms with Gasteiger partial charge in [0.2, 0.25) is 0 Å². The number of carbonyl (C=O) groups excluding carboxylic acids is 1. The van der Waals surface area contributed by atoms with E-state index >= 15 is 0 Å². The molecule has 0 unspecified atom stereocenters. The van der Waals surface area contributed by atoms with Crippen molar-refractivity contribution in [2.24, 2.45) is 0 Å². The molecule has 0 aliphatic heterocycles. The second kappa shape index (κ2) is 14.7. The lowest BCUT2D eigenvalue weighted by Crippen LogP contribution is -2.08. The van der Waals surface area contributed by atoms with Gasteiger partial charge in [0.25, 0.3) is 0 Å². The molecule has 0 saturated heterocycles. The fourth-order valence-corrected chi connectivity index (χ4v) is 3.48. The maximum absolute atomic E-state index is 14.3. The first kappa shape index (κ1) is 25.0. The Balaban J connectivity index is 1.76. The summed E-state index contributed by atoms with van der Waals surface area (Å²) in [6.45, 7) is 4.24. The van der Waals surface area contributed by atoms with E-state index in [2.05, 4.69) is 16.9 Å². The van der Waals surface area contributed by atoms with Crippen LogP contribution >= 0.6 is 0 Å². The Morgan fingerprint density at radius 1 is 0.839 bits per heavy atom. The molecule has 2 rings (SSSR count). The van der Waals surface area contributed by atoms with Crippen molar-refractivity contribution in [3.63, 3.8) is 0 Å². The molecule has 0 saturated carbocycles. The van der Waals surface area contributed by atoms with E-state index in [1.165, 1.54) is 63.5 Å². The molecule has 0 bridgehead atoms. The summed E-state index contributed by atoms with van der Waals surface area (Å²) in [6.07, 6.45) is 17.9. The minimum atomic E-state index is -0.555. The van der Waals surface area contributed by atoms with Gasteiger partial charge in [0.15, 0.2) is 11.6 Å². The number of hydrogen-bond donors (Lipinski definition) is 0. The van der Waals surface area contributed by atoms with Crippen LogP contribution in [0.3, 0.4) is 0 Å². The third kappa shape index (κ3) is 9.58. The molecule has 0 aliphatic rings. The third-order valence-corrected chi connectivity index (χ3v) is 5.43. The highest BCUT2D eigenvalue weighted by atomic mass is 19.1. The highest BCUT2D eigenvalue weighted by Crippen LogP contribution is 2.25. The Morgan fingerprint density at radius 3 is 2.06 bits per heavy atom. The number of aryl methyl sites for hydroxylation is 1. The molecule has 1 aromatic heterocycles. The number of nitrogens with zero attached hydrogens (tertiary/aromatic N) is 2. The van der Waals surface area contributed by atoms with Crippen LogP contribution in [0.25, 0.3) is 11.1 Å². The van der Waals surface area contributed by atoms with Crippen LogP contribution in [0.5, 0.6) is 5.75 Å². The maximum atomic E-state index is 14.3. The molecule has 31 heavy (non-hydrogen) atoms. The Hall–Kier alpha value is -2.30. The van der Waals surface area contributed by atoms with Gasteiger partial charge in [-0.15, -0.1) is 0 Å². The van der Waals surface area contributed by atoms with Crippen molar-refractivity contribution in [3.05, 3.63) is 42.2 Å². The zero-order chi connectivity index (χ0) is 22.3. The molecule has 0 N–H and O–H groups in total. The molecule has 0 amide bonds. The van der Waals surface area contributed by atoms with Gasteiger partial charge in [0.05, 0.1) is 0 Å². The first-order valence-electron chi connectivity index (χ1n) is 12.0. The molecule has 0 radical (unpaired) electrons. The fraction of sp³-hybridized carbons (Fsp3) is 0.577. The molecule has 5 heteroatoms. The van der Waals surface area contributed by atoms with Crippen LogP contribution in [0.15, 0.2) is 30.6 Å². The van der Waals surface area contributed by atoms with Crippen LogP contribution in [-0.4, -0.2) is 15.9 Å². The SMILES string of the molecule is CCCCCCCCCCCc1ncc(-c2ccc(OC(=O)CCCC)c(F)c2)cn1. The van der Waals surface area contributed by atoms with E-state index in [0.717, 1.165) is 37.1 Å². The number of unbranched alkanes of at least 4 members (excludes halogenated alkanes) is 9. The Morgan fingerprint density at radius 2 is 1.45 bits per heavy atom. The summed E-state index contributed by atoms with van der Waals surface area (Å²) >= 11 is 0. The Labute approximate surface area is 186 Å². The van der Waals surface area contributed by atoms with Crippen LogP contribution in [0.4, 0.5) is 4.39 Å². The average Bonchev–Trinajstić information content (AvgIpc) is 2.78. The van der Waals surface area contributed by atoms with E-state index in [4.69, 9.17) is 4.74 Å². The van der Waals surface area contributed by atoms with Crippen LogP contribution < -0.4 is 4.74 Å². The quantitative estimate of drug-likeness (QED) is 0.168. The Kier molecular flexibility index (Phi) is 11.8. The number of benzene rings is 1. The molecule has 170 valence electrons. The Bertz CT molecular complexity index is 777. The molecular formula is C26H37FN2O2. The van der Waals surface area contributed by atoms with Crippen molar-refractivity contribution < 1.29 is 13.9 Å². The second-order valence-corrected chi connectivity index (χ2v) is 8.19. The monoisotopic (exact) mass is 428 g/mol. The molecule has 0 spiro atoms. The molecule has 1 aromatic carbocycles. The van der Waals surface area contributed by atoms with Gasteiger partial charge in [-0.1, -0.05) is 77.7 Å². The van der Waals surface area contributed by atoms with E-state index in [9.17, 15) is 9.18 Å². The highest BCUT2D eigenvalue weighted by Gasteiger charge is 2.11. The first-order valence-corrected chi connectivity index (χ1v) is 12.0. The molecular weight excluding hydrogens is 391 g/mol. The lowest BCUT2D eigenvalue weighted by Gasteiger charge is -2.08. The average molecular weight is 429 g/mol. The van der Waals surface area contributed by atoms with Gasteiger partial charge in [0.1, 0.15) is 5.82 Å². The van der Waals surface area contributed by atoms with Crippen molar-refractivity contribution in [1.29, 1.82) is 0 Å². The predicted octanol–water partition coefficient (Wildman–Crippen LogP) is 7.45. The first-order chi connectivity index (χ1) is 15.1. The van der Waals surface area contributed by atoms with E-state index < -0.39 is 11.8 Å². The number of halogens is 1. The van der Waals surface area contributed by atoms with Crippen LogP contribution in [0.2, 0.25) is 0 Å². The molecule has 0 fully saturated rings. The normalized spacial score (nSPS) is 10.9. The van der Waals surface area contributed by atoms with Gasteiger partial charge in [-0.05, 0) is 30.5 Å². The molecule has 0 atom stereocenters. The van der Waals surface area contributed by atoms with Crippen LogP contribution in [0.1, 0.15) is 96.7 Å². The largest absolute Gasteiger partial charge is 0.423 e. The number of ether oxygens (including phenoxy) is 1. The maximum Gasteiger partial charge on any atom is 0.311 e. The summed E-state index contributed by atoms with van der Waals surface area (Å²) in [6, 6.07) is 4.58. The van der Waals surface area contributed by atoms with Gasteiger partial charge in [-0.3, -0.25) is 4.79 Å². The van der Waals surface area contributed by atoms with Crippen LogP contribution in [-0.2, 0) is 11.2 Å². The van der Waals surface area contributed by atoms with Gasteiger partial charge in [0, 0.05) is 30.8 Å². The summed E-state index contributed by atoms with van der Waals surface area (Å²) in [4.78, 5) is 20.6. The zero-order valence-electron chi connectivity index (χ0n) is 19.2. The number of esters is 1. The second-order valence-electron chi connectivity index (χ2n) is 8.19. The van der Waals surface area contributed by atoms with E-state index in [0.29, 0.717) is 12.0 Å². The summed E-state index contributed by atoms with van der Waals surface area (Å²) in [7, 11) is 0. The molecule has 0 aliphatic carbocycles. The van der Waals surface area contributed by atoms with E-state index in [-0.39, 0.29) is 5.75 Å². The molecule has 2 aromatic rings. The van der Waals surface area contributed by atoms with Crippen molar-refractivity contribution in [2.45, 2.75) is 97.3 Å². The van der Waals surface area contributed by atoms with Gasteiger partial charge in [-0.25, -0.2) is 14.4 Å². The summed E-state index contributed by atoms with van der Waals surface area (Å²) in [5.41, 5.74) is 1.42. The van der Waals surface area contributed by atoms with Gasteiger partial charge in [-0.2, -0.15) is 0 Å². The van der Waals surface area contributed by atoms with Gasteiger partial charge >= 0.3 is 5.97 Å². The van der Waals surface area contributed by atoms with Crippen LogP contribution in [0, 0.1) is 5.82 Å². The number of rotatable bonds is 15. The fourth-order valence-electron chi connectivity index (χ4n) is 3.48. The minimum Gasteiger partial charge on any atom is -0.423 e. The minimum absolute atomic E-state index is 0.0345. The van der Waals surface area contributed by atoms with Crippen molar-refractivity contribution in [3.8, 4) is 16.9 Å². The van der Waals surface area contributed by atoms with E-state index in [1.807, 2.05) is 6.92 Å². The zero-order valence-corrected chi connectivity index (χ0v) is 19.2. The van der Waals surface area contributed by atoms with Gasteiger partial charge < -0.3 is 4.74 Å². The third-order valence-electron chi connectivity index (χ3n) is 5.43. The standard InChI is InChI=1S/C26H37FN2O2/c1-3-5-7-8-9-10-11-12-13-14-25-28-19-22(20-29-25)21-16-17-24(23(27)18-21)31-26(30)15-6-4-2/h16-20H,3-15H2,1-2H3.